The van der Waals surface area contributed by atoms with Crippen LogP contribution in [0.2, 0.25) is 0 Å². The van der Waals surface area contributed by atoms with Crippen LogP contribution in [0.3, 0.4) is 0 Å². The smallest absolute Gasteiger partial charge is 0.309 e. The molecule has 184 valence electrons. The molecule has 11 nitrogen and oxygen atoms in total. The number of pyridine rings is 1. The Morgan fingerprint density at radius 3 is 2.60 bits per heavy atom. The molecular weight excluding hydrogens is 470 g/mol. The Bertz CT molecular complexity index is 1330. The summed E-state index contributed by atoms with van der Waals surface area (Å²) in [6, 6.07) is 5.16. The minimum atomic E-state index is -2.10. The molecule has 0 aromatic carbocycles. The first kappa shape index (κ1) is 23.4. The zero-order valence-corrected chi connectivity index (χ0v) is 20.6. The molecule has 4 heterocycles. The van der Waals surface area contributed by atoms with Crippen LogP contribution in [0.4, 0.5) is 17.6 Å². The first-order valence-electron chi connectivity index (χ1n) is 11.6. The van der Waals surface area contributed by atoms with E-state index < -0.39 is 22.6 Å². The number of carbonyl (C=O) groups excluding carboxylic acids is 1. The van der Waals surface area contributed by atoms with Crippen LogP contribution < -0.4 is 10.3 Å². The van der Waals surface area contributed by atoms with E-state index in [4.69, 9.17) is 14.8 Å². The van der Waals surface area contributed by atoms with Gasteiger partial charge in [0.05, 0.1) is 4.90 Å². The SMILES string of the molecule is CC(=O)OC1=NN(C(C)C)c2cc3cnc(Nc4ccc(S(=O)O)cn4)nc3n2C12CCCCC2. The van der Waals surface area contributed by atoms with Crippen molar-refractivity contribution >= 4 is 51.6 Å². The molecule has 0 radical (unpaired) electrons. The lowest BCUT2D eigenvalue weighted by Gasteiger charge is -2.44. The normalized spacial score (nSPS) is 17.9. The van der Waals surface area contributed by atoms with Gasteiger partial charge in [-0.1, -0.05) is 19.3 Å². The Labute approximate surface area is 204 Å². The number of anilines is 3. The maximum absolute atomic E-state index is 12.0. The highest BCUT2D eigenvalue weighted by molar-refractivity contribution is 7.79. The second kappa shape index (κ2) is 9.00. The third kappa shape index (κ3) is 4.16. The monoisotopic (exact) mass is 497 g/mol. The van der Waals surface area contributed by atoms with Crippen molar-refractivity contribution in [1.82, 2.24) is 19.5 Å². The predicted molar refractivity (Wildman–Crippen MR) is 132 cm³/mol. The van der Waals surface area contributed by atoms with Gasteiger partial charge in [-0.3, -0.25) is 9.36 Å². The Morgan fingerprint density at radius 2 is 1.97 bits per heavy atom. The van der Waals surface area contributed by atoms with E-state index in [0.717, 1.165) is 43.3 Å². The van der Waals surface area contributed by atoms with Crippen molar-refractivity contribution < 1.29 is 18.3 Å². The van der Waals surface area contributed by atoms with Crippen LogP contribution in [-0.2, 0) is 26.2 Å². The van der Waals surface area contributed by atoms with Crippen molar-refractivity contribution in [2.75, 3.05) is 10.3 Å². The quantitative estimate of drug-likeness (QED) is 0.406. The van der Waals surface area contributed by atoms with Crippen LogP contribution in [0.15, 0.2) is 40.6 Å². The number of hydrogen-bond donors (Lipinski definition) is 2. The summed E-state index contributed by atoms with van der Waals surface area (Å²) in [5, 5.41) is 10.6. The number of carbonyl (C=O) groups is 1. The van der Waals surface area contributed by atoms with Crippen LogP contribution in [-0.4, -0.2) is 46.2 Å². The van der Waals surface area contributed by atoms with Gasteiger partial charge in [-0.05, 0) is 44.9 Å². The summed E-state index contributed by atoms with van der Waals surface area (Å²) in [6.45, 7) is 5.46. The number of ether oxygens (including phenoxy) is 1. The molecule has 1 spiro atoms. The van der Waals surface area contributed by atoms with E-state index in [9.17, 15) is 13.6 Å². The fraction of sp³-hybridized carbons (Fsp3) is 0.435. The summed E-state index contributed by atoms with van der Waals surface area (Å²) in [7, 11) is 0. The second-order valence-electron chi connectivity index (χ2n) is 9.09. The summed E-state index contributed by atoms with van der Waals surface area (Å²) >= 11 is -2.10. The Morgan fingerprint density at radius 1 is 1.20 bits per heavy atom. The van der Waals surface area contributed by atoms with Crippen molar-refractivity contribution in [2.24, 2.45) is 5.10 Å². The Hall–Kier alpha value is -3.38. The van der Waals surface area contributed by atoms with Gasteiger partial charge in [0.25, 0.3) is 0 Å². The van der Waals surface area contributed by atoms with Gasteiger partial charge in [-0.15, -0.1) is 5.10 Å². The summed E-state index contributed by atoms with van der Waals surface area (Å²) in [5.74, 6) is 1.68. The number of fused-ring (bicyclic) bond motifs is 4. The molecule has 1 atom stereocenters. The van der Waals surface area contributed by atoms with E-state index in [2.05, 4.69) is 19.9 Å². The average molecular weight is 498 g/mol. The van der Waals surface area contributed by atoms with Crippen LogP contribution in [0.25, 0.3) is 11.0 Å². The van der Waals surface area contributed by atoms with E-state index in [1.165, 1.54) is 19.2 Å². The zero-order valence-electron chi connectivity index (χ0n) is 19.8. The summed E-state index contributed by atoms with van der Waals surface area (Å²) < 4.78 is 28.3. The molecule has 1 fully saturated rings. The van der Waals surface area contributed by atoms with Crippen LogP contribution in [0, 0.1) is 0 Å². The maximum atomic E-state index is 12.0. The van der Waals surface area contributed by atoms with Crippen molar-refractivity contribution in [3.8, 4) is 0 Å². The standard InChI is InChI=1S/C23H27N7O4S/c1-14(2)30-19-11-16-12-25-22(26-18-8-7-17(13-24-18)35(32)33)27-20(16)29(19)23(9-5-4-6-10-23)21(28-30)34-15(3)31/h7-8,11-14H,4-6,9-10H2,1-3H3,(H,32,33)(H,24,25,26,27). The second-order valence-corrected chi connectivity index (χ2v) is 10.1. The molecule has 1 unspecified atom stereocenters. The summed E-state index contributed by atoms with van der Waals surface area (Å²) in [4.78, 5) is 25.7. The van der Waals surface area contributed by atoms with Gasteiger partial charge in [0.15, 0.2) is 11.1 Å². The van der Waals surface area contributed by atoms with E-state index in [1.807, 2.05) is 24.9 Å². The van der Waals surface area contributed by atoms with E-state index in [-0.39, 0.29) is 10.9 Å². The molecule has 3 aromatic rings. The topological polar surface area (TPSA) is 135 Å². The number of esters is 1. The lowest BCUT2D eigenvalue weighted by molar-refractivity contribution is -0.133. The van der Waals surface area contributed by atoms with Gasteiger partial charge < -0.3 is 14.6 Å². The molecule has 1 aliphatic heterocycles. The Balaban J connectivity index is 1.63. The highest BCUT2D eigenvalue weighted by Gasteiger charge is 2.48. The molecule has 2 aliphatic rings. The first-order chi connectivity index (χ1) is 16.8. The lowest BCUT2D eigenvalue weighted by atomic mass is 9.80. The molecule has 5 rings (SSSR count). The molecule has 35 heavy (non-hydrogen) atoms. The number of rotatable bonds is 4. The number of hydrazone groups is 1. The average Bonchev–Trinajstić information content (AvgIpc) is 3.21. The van der Waals surface area contributed by atoms with Crippen LogP contribution in [0.5, 0.6) is 0 Å². The van der Waals surface area contributed by atoms with E-state index in [1.54, 1.807) is 12.3 Å². The first-order valence-corrected chi connectivity index (χ1v) is 12.7. The number of aromatic nitrogens is 4. The van der Waals surface area contributed by atoms with Gasteiger partial charge in [0.1, 0.15) is 22.8 Å². The van der Waals surface area contributed by atoms with Crippen LogP contribution >= 0.6 is 0 Å². The van der Waals surface area contributed by atoms with Gasteiger partial charge >= 0.3 is 5.97 Å². The third-order valence-electron chi connectivity index (χ3n) is 6.37. The minimum absolute atomic E-state index is 0.0231. The third-order valence-corrected chi connectivity index (χ3v) is 7.01. The van der Waals surface area contributed by atoms with Crippen molar-refractivity contribution in [3.63, 3.8) is 0 Å². The molecular formula is C23H27N7O4S. The molecule has 1 aliphatic carbocycles. The fourth-order valence-corrected chi connectivity index (χ4v) is 5.17. The molecule has 0 amide bonds. The van der Waals surface area contributed by atoms with Crippen molar-refractivity contribution in [1.29, 1.82) is 0 Å². The number of hydrogen-bond acceptors (Lipinski definition) is 9. The number of nitrogens with one attached hydrogen (secondary N) is 1. The molecule has 0 bridgehead atoms. The predicted octanol–water partition coefficient (Wildman–Crippen LogP) is 3.91. The minimum Gasteiger partial charge on any atom is -0.407 e. The van der Waals surface area contributed by atoms with Gasteiger partial charge in [0, 0.05) is 30.7 Å². The molecule has 3 aromatic heterocycles. The molecule has 2 N–H and O–H groups in total. The zero-order chi connectivity index (χ0) is 24.7. The van der Waals surface area contributed by atoms with Crippen molar-refractivity contribution in [3.05, 3.63) is 30.6 Å². The highest BCUT2D eigenvalue weighted by atomic mass is 32.2. The molecule has 12 heteroatoms. The van der Waals surface area contributed by atoms with Gasteiger partial charge in [-0.2, -0.15) is 4.98 Å². The van der Waals surface area contributed by atoms with Gasteiger partial charge in [0.2, 0.25) is 11.8 Å². The number of nitrogens with zero attached hydrogens (tertiary/aromatic N) is 6. The largest absolute Gasteiger partial charge is 0.407 e. The fourth-order valence-electron chi connectivity index (χ4n) is 4.84. The lowest BCUT2D eigenvalue weighted by Crippen LogP contribution is -2.51. The molecule has 0 saturated heterocycles. The molecule has 1 saturated carbocycles. The van der Waals surface area contributed by atoms with Gasteiger partial charge in [-0.25, -0.2) is 19.2 Å². The van der Waals surface area contributed by atoms with Crippen molar-refractivity contribution in [2.45, 2.75) is 69.4 Å². The maximum Gasteiger partial charge on any atom is 0.309 e. The van der Waals surface area contributed by atoms with E-state index >= 15 is 0 Å². The summed E-state index contributed by atoms with van der Waals surface area (Å²) in [5.41, 5.74) is 0.0982. The summed E-state index contributed by atoms with van der Waals surface area (Å²) in [6.07, 6.45) is 7.73. The highest BCUT2D eigenvalue weighted by Crippen LogP contribution is 2.46. The van der Waals surface area contributed by atoms with E-state index in [0.29, 0.717) is 23.3 Å². The Kier molecular flexibility index (Phi) is 6.01. The van der Waals surface area contributed by atoms with Crippen LogP contribution in [0.1, 0.15) is 52.9 Å².